The van der Waals surface area contributed by atoms with Crippen molar-refractivity contribution in [1.29, 1.82) is 0 Å². The summed E-state index contributed by atoms with van der Waals surface area (Å²) < 4.78 is 7.73. The Morgan fingerprint density at radius 3 is 2.73 bits per heavy atom. The Morgan fingerprint density at radius 2 is 2.08 bits per heavy atom. The van der Waals surface area contributed by atoms with Crippen LogP contribution in [0.1, 0.15) is 67.1 Å². The maximum Gasteiger partial charge on any atom is 0.114 e. The lowest BCUT2D eigenvalue weighted by Crippen LogP contribution is -2.34. The highest BCUT2D eigenvalue weighted by Gasteiger charge is 2.26. The number of nitrogens with zero attached hydrogens (tertiary/aromatic N) is 4. The Hall–Kier alpha value is -1.28. The van der Waals surface area contributed by atoms with E-state index < -0.39 is 5.60 Å². The molecule has 0 bridgehead atoms. The van der Waals surface area contributed by atoms with Gasteiger partial charge in [-0.15, -0.1) is 16.4 Å². The van der Waals surface area contributed by atoms with Crippen LogP contribution >= 0.6 is 11.3 Å². The lowest BCUT2D eigenvalue weighted by molar-refractivity contribution is 0.0736. The monoisotopic (exact) mass is 376 g/mol. The smallest absolute Gasteiger partial charge is 0.114 e. The second kappa shape index (κ2) is 7.38. The molecule has 2 saturated heterocycles. The first-order chi connectivity index (χ1) is 12.5. The number of piperidine rings is 1. The summed E-state index contributed by atoms with van der Waals surface area (Å²) in [7, 11) is 0. The highest BCUT2D eigenvalue weighted by atomic mass is 32.1. The van der Waals surface area contributed by atoms with Gasteiger partial charge in [0.05, 0.1) is 18.3 Å². The molecule has 4 heterocycles. The van der Waals surface area contributed by atoms with Gasteiger partial charge in [-0.1, -0.05) is 5.21 Å². The molecule has 2 aliphatic heterocycles. The molecule has 2 aromatic rings. The van der Waals surface area contributed by atoms with Crippen LogP contribution < -0.4 is 0 Å². The summed E-state index contributed by atoms with van der Waals surface area (Å²) >= 11 is 1.91. The highest BCUT2D eigenvalue weighted by Crippen LogP contribution is 2.34. The van der Waals surface area contributed by atoms with Crippen molar-refractivity contribution in [3.8, 4) is 0 Å². The summed E-state index contributed by atoms with van der Waals surface area (Å²) in [6, 6.07) is 4.89. The molecular formula is C19H28N4O2S. The molecule has 0 amide bonds. The Bertz CT molecular complexity index is 722. The molecule has 1 N–H and O–H groups in total. The molecule has 7 heteroatoms. The third kappa shape index (κ3) is 4.01. The predicted molar refractivity (Wildman–Crippen MR) is 101 cm³/mol. The summed E-state index contributed by atoms with van der Waals surface area (Å²) in [5.41, 5.74) is -0.293. The fourth-order valence-electron chi connectivity index (χ4n) is 3.75. The largest absolute Gasteiger partial charge is 0.384 e. The van der Waals surface area contributed by atoms with Crippen molar-refractivity contribution >= 4 is 11.3 Å². The Balaban J connectivity index is 1.30. The van der Waals surface area contributed by atoms with Crippen molar-refractivity contribution in [2.24, 2.45) is 0 Å². The molecule has 1 unspecified atom stereocenters. The number of likely N-dealkylation sites (tertiary alicyclic amines) is 1. The SMILES string of the molecule is CC(C)(O)c1cn(C2CCN(Cc3ccc(C4CCCO4)s3)CC2)nn1. The van der Waals surface area contributed by atoms with Crippen molar-refractivity contribution in [3.63, 3.8) is 0 Å². The molecule has 6 nitrogen and oxygen atoms in total. The van der Waals surface area contributed by atoms with Crippen LogP contribution in [0.15, 0.2) is 18.3 Å². The fraction of sp³-hybridized carbons (Fsp3) is 0.684. The van der Waals surface area contributed by atoms with E-state index in [9.17, 15) is 5.11 Å². The molecule has 0 saturated carbocycles. The third-order valence-electron chi connectivity index (χ3n) is 5.38. The molecule has 0 radical (unpaired) electrons. The van der Waals surface area contributed by atoms with Gasteiger partial charge in [0, 0.05) is 36.0 Å². The van der Waals surface area contributed by atoms with E-state index in [1.165, 1.54) is 16.2 Å². The lowest BCUT2D eigenvalue weighted by Gasteiger charge is -2.31. The number of aliphatic hydroxyl groups is 1. The topological polar surface area (TPSA) is 63.4 Å². The average molecular weight is 377 g/mol. The van der Waals surface area contributed by atoms with Gasteiger partial charge in [-0.05, 0) is 51.7 Å². The predicted octanol–water partition coefficient (Wildman–Crippen LogP) is 3.26. The van der Waals surface area contributed by atoms with Crippen molar-refractivity contribution in [1.82, 2.24) is 19.9 Å². The molecule has 2 aliphatic rings. The molecule has 26 heavy (non-hydrogen) atoms. The first-order valence-corrected chi connectivity index (χ1v) is 10.4. The summed E-state index contributed by atoms with van der Waals surface area (Å²) in [6.07, 6.45) is 6.71. The first-order valence-electron chi connectivity index (χ1n) is 9.56. The second-order valence-corrected chi connectivity index (χ2v) is 9.16. The third-order valence-corrected chi connectivity index (χ3v) is 6.54. The van der Waals surface area contributed by atoms with Gasteiger partial charge in [0.15, 0.2) is 0 Å². The van der Waals surface area contributed by atoms with E-state index >= 15 is 0 Å². The van der Waals surface area contributed by atoms with Gasteiger partial charge < -0.3 is 9.84 Å². The minimum atomic E-state index is -0.932. The number of aromatic nitrogens is 3. The highest BCUT2D eigenvalue weighted by molar-refractivity contribution is 7.12. The quantitative estimate of drug-likeness (QED) is 0.868. The summed E-state index contributed by atoms with van der Waals surface area (Å²) in [6.45, 7) is 7.55. The van der Waals surface area contributed by atoms with Crippen LogP contribution in [0.3, 0.4) is 0 Å². The molecule has 2 aromatic heterocycles. The van der Waals surface area contributed by atoms with Gasteiger partial charge in [0.1, 0.15) is 11.3 Å². The number of rotatable bonds is 5. The minimum absolute atomic E-state index is 0.330. The van der Waals surface area contributed by atoms with Crippen molar-refractivity contribution in [2.45, 2.75) is 63.8 Å². The maximum atomic E-state index is 10.1. The van der Waals surface area contributed by atoms with Crippen LogP contribution in [0.5, 0.6) is 0 Å². The van der Waals surface area contributed by atoms with Crippen molar-refractivity contribution in [2.75, 3.05) is 19.7 Å². The normalized spacial score (nSPS) is 23.0. The molecule has 0 aliphatic carbocycles. The Labute approximate surface area is 158 Å². The zero-order valence-corrected chi connectivity index (χ0v) is 16.4. The van der Waals surface area contributed by atoms with Gasteiger partial charge in [0.2, 0.25) is 0 Å². The van der Waals surface area contributed by atoms with Gasteiger partial charge in [-0.3, -0.25) is 4.90 Å². The van der Waals surface area contributed by atoms with E-state index in [-0.39, 0.29) is 0 Å². The van der Waals surface area contributed by atoms with E-state index in [4.69, 9.17) is 4.74 Å². The zero-order valence-electron chi connectivity index (χ0n) is 15.6. The second-order valence-electron chi connectivity index (χ2n) is 7.96. The average Bonchev–Trinajstić information content (AvgIpc) is 3.36. The Morgan fingerprint density at radius 1 is 1.27 bits per heavy atom. The van der Waals surface area contributed by atoms with Crippen LogP contribution in [-0.4, -0.2) is 44.7 Å². The van der Waals surface area contributed by atoms with E-state index in [1.54, 1.807) is 13.8 Å². The standard InChI is InChI=1S/C19H28N4O2S/c1-19(2,24)18-13-23(21-20-18)14-7-9-22(10-8-14)12-15-5-6-17(26-15)16-4-3-11-25-16/h5-6,13-14,16,24H,3-4,7-12H2,1-2H3. The summed E-state index contributed by atoms with van der Waals surface area (Å²) in [5.74, 6) is 0. The van der Waals surface area contributed by atoms with Gasteiger partial charge >= 0.3 is 0 Å². The van der Waals surface area contributed by atoms with Gasteiger partial charge in [0.25, 0.3) is 0 Å². The minimum Gasteiger partial charge on any atom is -0.384 e. The Kier molecular flexibility index (Phi) is 5.14. The van der Waals surface area contributed by atoms with Crippen LogP contribution in [0.4, 0.5) is 0 Å². The molecule has 0 aromatic carbocycles. The summed E-state index contributed by atoms with van der Waals surface area (Å²) in [5, 5.41) is 18.4. The van der Waals surface area contributed by atoms with Crippen LogP contribution in [0.25, 0.3) is 0 Å². The molecule has 2 fully saturated rings. The first kappa shape index (κ1) is 18.1. The van der Waals surface area contributed by atoms with E-state index in [0.29, 0.717) is 17.8 Å². The maximum absolute atomic E-state index is 10.1. The van der Waals surface area contributed by atoms with E-state index in [2.05, 4.69) is 27.3 Å². The molecule has 0 spiro atoms. The summed E-state index contributed by atoms with van der Waals surface area (Å²) in [4.78, 5) is 5.34. The van der Waals surface area contributed by atoms with E-state index in [0.717, 1.165) is 45.5 Å². The molecule has 1 atom stereocenters. The molecular weight excluding hydrogens is 348 g/mol. The van der Waals surface area contributed by atoms with Crippen LogP contribution in [0.2, 0.25) is 0 Å². The van der Waals surface area contributed by atoms with Gasteiger partial charge in [-0.25, -0.2) is 4.68 Å². The van der Waals surface area contributed by atoms with Crippen molar-refractivity contribution < 1.29 is 9.84 Å². The van der Waals surface area contributed by atoms with Crippen LogP contribution in [-0.2, 0) is 16.9 Å². The fourth-order valence-corrected chi connectivity index (χ4v) is 4.89. The van der Waals surface area contributed by atoms with Crippen molar-refractivity contribution in [3.05, 3.63) is 33.8 Å². The number of ether oxygens (including phenoxy) is 1. The zero-order chi connectivity index (χ0) is 18.1. The van der Waals surface area contributed by atoms with Gasteiger partial charge in [-0.2, -0.15) is 0 Å². The van der Waals surface area contributed by atoms with E-state index in [1.807, 2.05) is 22.2 Å². The molecule has 142 valence electrons. The lowest BCUT2D eigenvalue weighted by atomic mass is 10.0. The number of hydrogen-bond donors (Lipinski definition) is 1. The number of thiophene rings is 1. The molecule has 4 rings (SSSR count). The number of hydrogen-bond acceptors (Lipinski definition) is 6. The van der Waals surface area contributed by atoms with Crippen LogP contribution in [0, 0.1) is 0 Å².